The average Bonchev–Trinajstić information content (AvgIpc) is 2.83. The maximum atomic E-state index is 13.1. The van der Waals surface area contributed by atoms with Crippen LogP contribution in [0.5, 0.6) is 0 Å². The number of ether oxygens (including phenoxy) is 1. The van der Waals surface area contributed by atoms with Gasteiger partial charge in [0.05, 0.1) is 23.6 Å². The summed E-state index contributed by atoms with van der Waals surface area (Å²) in [5, 5.41) is 5.21. The van der Waals surface area contributed by atoms with E-state index in [4.69, 9.17) is 17.0 Å². The van der Waals surface area contributed by atoms with Crippen molar-refractivity contribution in [1.29, 1.82) is 0 Å². The van der Waals surface area contributed by atoms with E-state index >= 15 is 0 Å². The molecule has 9 heteroatoms. The van der Waals surface area contributed by atoms with Crippen LogP contribution in [0, 0.1) is 0 Å². The van der Waals surface area contributed by atoms with Gasteiger partial charge in [-0.15, -0.1) is 0 Å². The lowest BCUT2D eigenvalue weighted by atomic mass is 9.95. The molecule has 1 atom stereocenters. The van der Waals surface area contributed by atoms with E-state index in [2.05, 4.69) is 10.0 Å². The van der Waals surface area contributed by atoms with Crippen LogP contribution in [0.15, 0.2) is 82.9 Å². The Morgan fingerprint density at radius 3 is 2.44 bits per heavy atom. The summed E-state index contributed by atoms with van der Waals surface area (Å²) in [5.74, 6) is -0.448. The van der Waals surface area contributed by atoms with E-state index in [9.17, 15) is 13.2 Å². The minimum atomic E-state index is -3.81. The monoisotopic (exact) mass is 495 g/mol. The number of fused-ring (bicyclic) bond motifs is 1. The van der Waals surface area contributed by atoms with Gasteiger partial charge in [0.25, 0.3) is 10.0 Å². The van der Waals surface area contributed by atoms with Crippen molar-refractivity contribution in [2.75, 3.05) is 18.4 Å². The quantitative estimate of drug-likeness (QED) is 0.389. The van der Waals surface area contributed by atoms with Crippen molar-refractivity contribution in [3.63, 3.8) is 0 Å². The molecular weight excluding hydrogens is 470 g/mol. The molecule has 0 bridgehead atoms. The van der Waals surface area contributed by atoms with Crippen molar-refractivity contribution in [3.8, 4) is 0 Å². The number of methoxy groups -OCH3 is 1. The smallest absolute Gasteiger partial charge is 0.337 e. The number of esters is 1. The zero-order valence-electron chi connectivity index (χ0n) is 19.0. The minimum absolute atomic E-state index is 0.208. The topological polar surface area (TPSA) is 87.7 Å². The Morgan fingerprint density at radius 2 is 1.76 bits per heavy atom. The molecule has 7 nitrogen and oxygen atoms in total. The summed E-state index contributed by atoms with van der Waals surface area (Å²) in [6.07, 6.45) is 0. The molecule has 0 amide bonds. The summed E-state index contributed by atoms with van der Waals surface area (Å²) in [5.41, 5.74) is 2.35. The first-order valence-electron chi connectivity index (χ1n) is 10.7. The Bertz CT molecular complexity index is 1390. The Labute approximate surface area is 204 Å². The molecule has 3 aromatic carbocycles. The molecule has 0 radical (unpaired) electrons. The normalized spacial score (nSPS) is 16.4. The number of carbonyl (C=O) groups excluding carboxylic acids is 1. The Hall–Kier alpha value is -3.43. The molecule has 0 saturated heterocycles. The second-order valence-corrected chi connectivity index (χ2v) is 9.86. The summed E-state index contributed by atoms with van der Waals surface area (Å²) in [7, 11) is -2.47. The predicted octanol–water partition coefficient (Wildman–Crippen LogP) is 4.34. The molecule has 4 rings (SSSR count). The molecule has 0 fully saturated rings. The highest BCUT2D eigenvalue weighted by molar-refractivity contribution is 7.93. The molecule has 0 aromatic heterocycles. The number of hydrogen-bond acceptors (Lipinski definition) is 5. The van der Waals surface area contributed by atoms with Gasteiger partial charge in [-0.3, -0.25) is 4.72 Å². The summed E-state index contributed by atoms with van der Waals surface area (Å²) in [6, 6.07) is 18.9. The van der Waals surface area contributed by atoms with Crippen LogP contribution in [0.25, 0.3) is 10.8 Å². The van der Waals surface area contributed by atoms with Crippen LogP contribution in [0.1, 0.15) is 25.5 Å². The first-order chi connectivity index (χ1) is 16.3. The third-order valence-electron chi connectivity index (χ3n) is 5.85. The van der Waals surface area contributed by atoms with Gasteiger partial charge in [-0.1, -0.05) is 48.5 Å². The third kappa shape index (κ3) is 4.36. The number of rotatable bonds is 6. The van der Waals surface area contributed by atoms with Gasteiger partial charge in [-0.25, -0.2) is 13.2 Å². The summed E-state index contributed by atoms with van der Waals surface area (Å²) in [6.45, 7) is 4.39. The first kappa shape index (κ1) is 23.7. The van der Waals surface area contributed by atoms with E-state index in [1.54, 1.807) is 42.5 Å². The molecule has 1 aliphatic rings. The van der Waals surface area contributed by atoms with E-state index in [0.717, 1.165) is 16.6 Å². The van der Waals surface area contributed by atoms with Gasteiger partial charge in [0.1, 0.15) is 0 Å². The number of nitrogens with zero attached hydrogens (tertiary/aromatic N) is 1. The van der Waals surface area contributed by atoms with Crippen LogP contribution in [0.3, 0.4) is 0 Å². The number of carbonyl (C=O) groups is 1. The van der Waals surface area contributed by atoms with Crippen molar-refractivity contribution in [1.82, 2.24) is 10.2 Å². The Kier molecular flexibility index (Phi) is 6.58. The summed E-state index contributed by atoms with van der Waals surface area (Å²) in [4.78, 5) is 14.6. The standard InChI is InChI=1S/C25H25N3O4S2/c1-4-28-16(2)22(24(29)32-3)23(26-25(28)33)18-12-14-19(15-13-18)27-34(30,31)21-11-7-9-17-8-5-6-10-20(17)21/h5-15,23,27H,4H2,1-3H3,(H,26,33)/t23-/m1/s1. The SMILES string of the molecule is CCN1C(=S)N[C@H](c2ccc(NS(=O)(=O)c3cccc4ccccc34)cc2)C(C(=O)OC)=C1C. The molecule has 176 valence electrons. The van der Waals surface area contributed by atoms with E-state index in [1.165, 1.54) is 7.11 Å². The van der Waals surface area contributed by atoms with Crippen LogP contribution >= 0.6 is 12.2 Å². The van der Waals surface area contributed by atoms with E-state index in [1.807, 2.05) is 43.0 Å². The number of thiocarbonyl (C=S) groups is 1. The van der Waals surface area contributed by atoms with E-state index < -0.39 is 22.0 Å². The van der Waals surface area contributed by atoms with Gasteiger partial charge in [-0.05, 0) is 55.2 Å². The maximum absolute atomic E-state index is 13.1. The average molecular weight is 496 g/mol. The highest BCUT2D eigenvalue weighted by Gasteiger charge is 2.34. The summed E-state index contributed by atoms with van der Waals surface area (Å²) < 4.78 is 33.9. The van der Waals surface area contributed by atoms with Gasteiger partial charge < -0.3 is 15.0 Å². The van der Waals surface area contributed by atoms with Crippen molar-refractivity contribution < 1.29 is 17.9 Å². The van der Waals surface area contributed by atoms with E-state index in [-0.39, 0.29) is 4.90 Å². The first-order valence-corrected chi connectivity index (χ1v) is 12.6. The molecule has 1 aliphatic heterocycles. The molecule has 0 aliphatic carbocycles. The van der Waals surface area contributed by atoms with Crippen LogP contribution in [0.4, 0.5) is 5.69 Å². The fraction of sp³-hybridized carbons (Fsp3) is 0.200. The zero-order chi connectivity index (χ0) is 24.5. The van der Waals surface area contributed by atoms with Gasteiger partial charge in [-0.2, -0.15) is 0 Å². The Morgan fingerprint density at radius 1 is 1.09 bits per heavy atom. The van der Waals surface area contributed by atoms with Crippen LogP contribution < -0.4 is 10.0 Å². The predicted molar refractivity (Wildman–Crippen MR) is 137 cm³/mol. The summed E-state index contributed by atoms with van der Waals surface area (Å²) >= 11 is 5.48. The number of anilines is 1. The number of nitrogens with one attached hydrogen (secondary N) is 2. The third-order valence-corrected chi connectivity index (χ3v) is 7.63. The molecule has 1 heterocycles. The lowest BCUT2D eigenvalue weighted by Crippen LogP contribution is -2.47. The van der Waals surface area contributed by atoms with Gasteiger partial charge in [0.2, 0.25) is 0 Å². The zero-order valence-corrected chi connectivity index (χ0v) is 20.7. The highest BCUT2D eigenvalue weighted by atomic mass is 32.2. The van der Waals surface area contributed by atoms with E-state index in [0.29, 0.717) is 28.3 Å². The lowest BCUT2D eigenvalue weighted by molar-refractivity contribution is -0.136. The van der Waals surface area contributed by atoms with Crippen LogP contribution in [-0.2, 0) is 19.6 Å². The number of benzene rings is 3. The molecule has 0 saturated carbocycles. The fourth-order valence-electron chi connectivity index (χ4n) is 4.17. The van der Waals surface area contributed by atoms with Gasteiger partial charge in [0.15, 0.2) is 5.11 Å². The van der Waals surface area contributed by atoms with Crippen molar-refractivity contribution >= 4 is 49.8 Å². The molecule has 0 spiro atoms. The number of allylic oxidation sites excluding steroid dienone is 1. The Balaban J connectivity index is 1.65. The molecule has 2 N–H and O–H groups in total. The minimum Gasteiger partial charge on any atom is -0.466 e. The second kappa shape index (κ2) is 9.44. The molecule has 0 unspecified atom stereocenters. The largest absolute Gasteiger partial charge is 0.466 e. The number of sulfonamides is 1. The number of hydrogen-bond donors (Lipinski definition) is 2. The molecule has 3 aromatic rings. The van der Waals surface area contributed by atoms with Crippen molar-refractivity contribution in [2.45, 2.75) is 24.8 Å². The van der Waals surface area contributed by atoms with Crippen molar-refractivity contribution in [3.05, 3.63) is 83.6 Å². The van der Waals surface area contributed by atoms with Gasteiger partial charge >= 0.3 is 5.97 Å². The highest BCUT2D eigenvalue weighted by Crippen LogP contribution is 2.32. The maximum Gasteiger partial charge on any atom is 0.337 e. The van der Waals surface area contributed by atoms with Crippen LogP contribution in [0.2, 0.25) is 0 Å². The van der Waals surface area contributed by atoms with Gasteiger partial charge in [0, 0.05) is 23.3 Å². The lowest BCUT2D eigenvalue weighted by Gasteiger charge is -2.36. The molecular formula is C25H25N3O4S2. The van der Waals surface area contributed by atoms with Crippen LogP contribution in [-0.4, -0.2) is 38.1 Å². The fourth-order valence-corrected chi connectivity index (χ4v) is 5.84. The second-order valence-electron chi connectivity index (χ2n) is 7.82. The molecule has 34 heavy (non-hydrogen) atoms. The van der Waals surface area contributed by atoms with Crippen molar-refractivity contribution in [2.24, 2.45) is 0 Å².